The maximum Gasteiger partial charge on any atom is 0.393 e. The topological polar surface area (TPSA) is 101 Å². The Hall–Kier alpha value is -5.06. The Balaban J connectivity index is 1.35. The second kappa shape index (κ2) is 11.3. The number of likely N-dealkylation sites (tertiary alicyclic amines) is 1. The van der Waals surface area contributed by atoms with Crippen LogP contribution in [0.1, 0.15) is 34.4 Å². The molecular formula is C32H26F3N5O3. The van der Waals surface area contributed by atoms with Crippen LogP contribution in [0.15, 0.2) is 96.0 Å². The van der Waals surface area contributed by atoms with Gasteiger partial charge >= 0.3 is 6.18 Å². The summed E-state index contributed by atoms with van der Waals surface area (Å²) in [5.41, 5.74) is 2.06. The van der Waals surface area contributed by atoms with Gasteiger partial charge in [-0.3, -0.25) is 19.6 Å². The first-order chi connectivity index (χ1) is 20.7. The molecule has 1 saturated heterocycles. The van der Waals surface area contributed by atoms with Gasteiger partial charge in [0, 0.05) is 47.3 Å². The summed E-state index contributed by atoms with van der Waals surface area (Å²) in [6.45, 7) is 1.08. The number of nitrogens with zero attached hydrogens (tertiary/aromatic N) is 4. The molecule has 3 unspecified atom stereocenters. The quantitative estimate of drug-likeness (QED) is 0.249. The third-order valence-electron chi connectivity index (χ3n) is 7.67. The molecule has 5 heterocycles. The van der Waals surface area contributed by atoms with Crippen molar-refractivity contribution < 1.29 is 27.2 Å². The number of rotatable bonds is 5. The molecule has 0 bridgehead atoms. The maximum absolute atomic E-state index is 14.2. The fourth-order valence-electron chi connectivity index (χ4n) is 5.59. The van der Waals surface area contributed by atoms with Gasteiger partial charge in [-0.2, -0.15) is 13.2 Å². The van der Waals surface area contributed by atoms with Gasteiger partial charge in [0.15, 0.2) is 0 Å². The number of hydrogen-bond donors (Lipinski definition) is 1. The van der Waals surface area contributed by atoms with Gasteiger partial charge in [-0.05, 0) is 49.1 Å². The minimum Gasteiger partial charge on any atom is -0.467 e. The van der Waals surface area contributed by atoms with Crippen molar-refractivity contribution in [1.29, 1.82) is 0 Å². The number of nitrogens with one attached hydrogen (secondary N) is 1. The normalized spacial score (nSPS) is 18.9. The zero-order valence-electron chi connectivity index (χ0n) is 23.0. The van der Waals surface area contributed by atoms with Crippen LogP contribution >= 0.6 is 0 Å². The number of carbonyl (C=O) groups excluding carboxylic acids is 2. The first-order valence-corrected chi connectivity index (χ1v) is 13.6. The van der Waals surface area contributed by atoms with Crippen molar-refractivity contribution in [2.24, 2.45) is 11.8 Å². The molecule has 1 fully saturated rings. The van der Waals surface area contributed by atoms with Gasteiger partial charge in [0.1, 0.15) is 23.3 Å². The van der Waals surface area contributed by atoms with Crippen LogP contribution in [0.4, 0.5) is 19.0 Å². The van der Waals surface area contributed by atoms with E-state index < -0.39 is 48.8 Å². The van der Waals surface area contributed by atoms with Crippen LogP contribution in [-0.4, -0.2) is 44.4 Å². The maximum atomic E-state index is 14.2. The van der Waals surface area contributed by atoms with E-state index >= 15 is 0 Å². The monoisotopic (exact) mass is 585 g/mol. The molecule has 8 nitrogen and oxygen atoms in total. The fraction of sp³-hybridized carbons (Fsp3) is 0.219. The predicted molar refractivity (Wildman–Crippen MR) is 153 cm³/mol. The number of benzene rings is 1. The standard InChI is InChI=1S/C32H26F3N5O3/c1-19-6-4-10-28(38-19)39-30(41)24-14-22(32(33,34)35)18-40(29(24)27-9-5-13-43-27)31(42)26-12-11-21(16-37-26)25-17-36-15-20-7-2-3-8-23(20)25/h2-13,15-17,22,24,29H,14,18H2,1H3,(H,38,39,41). The molecule has 0 aliphatic carbocycles. The van der Waals surface area contributed by atoms with Crippen LogP contribution in [0.25, 0.3) is 21.9 Å². The van der Waals surface area contributed by atoms with Gasteiger partial charge in [0.05, 0.1) is 18.1 Å². The summed E-state index contributed by atoms with van der Waals surface area (Å²) < 4.78 is 48.2. The molecule has 3 atom stereocenters. The summed E-state index contributed by atoms with van der Waals surface area (Å²) >= 11 is 0. The van der Waals surface area contributed by atoms with E-state index in [4.69, 9.17) is 4.42 Å². The Morgan fingerprint density at radius 2 is 1.81 bits per heavy atom. The molecule has 6 rings (SSSR count). The van der Waals surface area contributed by atoms with Gasteiger partial charge in [0.2, 0.25) is 5.91 Å². The summed E-state index contributed by atoms with van der Waals surface area (Å²) in [5, 5.41) is 4.51. The Labute approximate surface area is 244 Å². The average molecular weight is 586 g/mol. The SMILES string of the molecule is Cc1cccc(NC(=O)C2CC(C(F)(F)F)CN(C(=O)c3ccc(-c4cncc5ccccc45)cn3)C2c2ccco2)n1. The molecule has 0 radical (unpaired) electrons. The zero-order valence-corrected chi connectivity index (χ0v) is 23.0. The molecule has 0 spiro atoms. The second-order valence-electron chi connectivity index (χ2n) is 10.5. The number of hydrogen-bond acceptors (Lipinski definition) is 6. The average Bonchev–Trinajstić information content (AvgIpc) is 3.54. The highest BCUT2D eigenvalue weighted by Gasteiger charge is 2.52. The number of anilines is 1. The number of pyridine rings is 3. The molecule has 2 amide bonds. The van der Waals surface area contributed by atoms with Gasteiger partial charge in [-0.15, -0.1) is 0 Å². The summed E-state index contributed by atoms with van der Waals surface area (Å²) in [4.78, 5) is 41.4. The molecule has 1 N–H and O–H groups in total. The number of carbonyl (C=O) groups is 2. The third-order valence-corrected chi connectivity index (χ3v) is 7.67. The summed E-state index contributed by atoms with van der Waals surface area (Å²) in [5.74, 6) is -4.26. The molecule has 43 heavy (non-hydrogen) atoms. The van der Waals surface area contributed by atoms with Gasteiger partial charge in [-0.1, -0.05) is 36.4 Å². The largest absolute Gasteiger partial charge is 0.467 e. The van der Waals surface area contributed by atoms with Gasteiger partial charge in [-0.25, -0.2) is 4.98 Å². The van der Waals surface area contributed by atoms with Crippen LogP contribution in [0.5, 0.6) is 0 Å². The van der Waals surface area contributed by atoms with E-state index in [-0.39, 0.29) is 17.3 Å². The number of alkyl halides is 3. The van der Waals surface area contributed by atoms with Crippen molar-refractivity contribution in [3.8, 4) is 11.1 Å². The minimum atomic E-state index is -4.65. The summed E-state index contributed by atoms with van der Waals surface area (Å²) in [7, 11) is 0. The highest BCUT2D eigenvalue weighted by Crippen LogP contribution is 2.45. The molecule has 5 aromatic rings. The molecule has 1 aliphatic rings. The van der Waals surface area contributed by atoms with E-state index in [1.54, 1.807) is 55.7 Å². The second-order valence-corrected chi connectivity index (χ2v) is 10.5. The minimum absolute atomic E-state index is 0.0594. The number of fused-ring (bicyclic) bond motifs is 1. The lowest BCUT2D eigenvalue weighted by Crippen LogP contribution is -2.52. The Morgan fingerprint density at radius 3 is 2.53 bits per heavy atom. The molecule has 1 aliphatic heterocycles. The lowest BCUT2D eigenvalue weighted by Gasteiger charge is -2.43. The van der Waals surface area contributed by atoms with Crippen molar-refractivity contribution in [3.05, 3.63) is 109 Å². The van der Waals surface area contributed by atoms with Crippen molar-refractivity contribution in [3.63, 3.8) is 0 Å². The highest BCUT2D eigenvalue weighted by molar-refractivity contribution is 5.98. The zero-order chi connectivity index (χ0) is 30.1. The number of aryl methyl sites for hydroxylation is 1. The van der Waals surface area contributed by atoms with Crippen molar-refractivity contribution in [1.82, 2.24) is 19.9 Å². The predicted octanol–water partition coefficient (Wildman–Crippen LogP) is 6.61. The van der Waals surface area contributed by atoms with E-state index in [9.17, 15) is 22.8 Å². The Morgan fingerprint density at radius 1 is 0.977 bits per heavy atom. The fourth-order valence-corrected chi connectivity index (χ4v) is 5.59. The van der Waals surface area contributed by atoms with Gasteiger partial charge in [0.25, 0.3) is 5.91 Å². The number of furan rings is 1. The van der Waals surface area contributed by atoms with E-state index in [0.29, 0.717) is 11.3 Å². The number of piperidine rings is 1. The van der Waals surface area contributed by atoms with E-state index in [0.717, 1.165) is 21.2 Å². The van der Waals surface area contributed by atoms with Crippen LogP contribution in [0, 0.1) is 18.8 Å². The lowest BCUT2D eigenvalue weighted by molar-refractivity contribution is -0.194. The summed E-state index contributed by atoms with van der Waals surface area (Å²) in [6, 6.07) is 17.8. The number of amides is 2. The third kappa shape index (κ3) is 5.70. The first-order valence-electron chi connectivity index (χ1n) is 13.6. The number of halogens is 3. The van der Waals surface area contributed by atoms with Crippen LogP contribution in [-0.2, 0) is 4.79 Å². The summed E-state index contributed by atoms with van der Waals surface area (Å²) in [6.07, 6.45) is 1.11. The Kier molecular flexibility index (Phi) is 7.39. The molecule has 218 valence electrons. The van der Waals surface area contributed by atoms with Crippen molar-refractivity contribution in [2.45, 2.75) is 25.6 Å². The first kappa shape index (κ1) is 28.1. The smallest absolute Gasteiger partial charge is 0.393 e. The molecule has 0 saturated carbocycles. The molecular weight excluding hydrogens is 559 g/mol. The van der Waals surface area contributed by atoms with Crippen LogP contribution in [0.3, 0.4) is 0 Å². The van der Waals surface area contributed by atoms with Crippen molar-refractivity contribution >= 4 is 28.4 Å². The van der Waals surface area contributed by atoms with E-state index in [1.165, 1.54) is 18.5 Å². The van der Waals surface area contributed by atoms with Crippen LogP contribution < -0.4 is 5.32 Å². The van der Waals surface area contributed by atoms with Crippen molar-refractivity contribution in [2.75, 3.05) is 11.9 Å². The van der Waals surface area contributed by atoms with E-state index in [1.807, 2.05) is 24.3 Å². The highest BCUT2D eigenvalue weighted by atomic mass is 19.4. The Bertz CT molecular complexity index is 1770. The van der Waals surface area contributed by atoms with Crippen LogP contribution in [0.2, 0.25) is 0 Å². The molecule has 11 heteroatoms. The number of aromatic nitrogens is 3. The van der Waals surface area contributed by atoms with Gasteiger partial charge < -0.3 is 14.6 Å². The molecule has 4 aromatic heterocycles. The molecule has 1 aromatic carbocycles. The lowest BCUT2D eigenvalue weighted by atomic mass is 9.80. The van der Waals surface area contributed by atoms with E-state index in [2.05, 4.69) is 20.3 Å².